The summed E-state index contributed by atoms with van der Waals surface area (Å²) in [5.41, 5.74) is 6.66. The van der Waals surface area contributed by atoms with Crippen molar-refractivity contribution in [2.24, 2.45) is 12.8 Å². The number of primary amides is 1. The van der Waals surface area contributed by atoms with Crippen LogP contribution in [-0.2, 0) is 7.05 Å². The summed E-state index contributed by atoms with van der Waals surface area (Å²) in [6.07, 6.45) is 0. The summed E-state index contributed by atoms with van der Waals surface area (Å²) in [5.74, 6) is -1.68. The first-order valence-corrected chi connectivity index (χ1v) is 5.33. The van der Waals surface area contributed by atoms with Crippen LogP contribution >= 0.6 is 0 Å². The first-order chi connectivity index (χ1) is 8.41. The molecule has 94 valence electrons. The second kappa shape index (κ2) is 4.25. The number of hydrogen-bond donors (Lipinski definition) is 1. The number of rotatable bonds is 2. The maximum atomic E-state index is 13.7. The Labute approximate surface area is 103 Å². The molecule has 2 N–H and O–H groups in total. The van der Waals surface area contributed by atoms with Gasteiger partial charge < -0.3 is 10.3 Å². The van der Waals surface area contributed by atoms with Gasteiger partial charge in [-0.3, -0.25) is 4.79 Å². The van der Waals surface area contributed by atoms with Crippen molar-refractivity contribution < 1.29 is 13.6 Å². The molecule has 0 aliphatic carbocycles. The molecular formula is C13H12F2N2O. The third kappa shape index (κ3) is 1.88. The second-order valence-corrected chi connectivity index (χ2v) is 4.08. The number of nitrogens with two attached hydrogens (primary N) is 1. The quantitative estimate of drug-likeness (QED) is 0.874. The number of halogens is 2. The fourth-order valence-corrected chi connectivity index (χ4v) is 1.90. The molecule has 1 heterocycles. The maximum Gasteiger partial charge on any atom is 0.250 e. The Bertz CT molecular complexity index is 632. The Kier molecular flexibility index (Phi) is 2.90. The zero-order valence-corrected chi connectivity index (χ0v) is 10.00. The lowest BCUT2D eigenvalue weighted by Crippen LogP contribution is -2.11. The molecule has 0 saturated carbocycles. The van der Waals surface area contributed by atoms with Crippen LogP contribution in [0.5, 0.6) is 0 Å². The monoisotopic (exact) mass is 250 g/mol. The van der Waals surface area contributed by atoms with E-state index in [0.29, 0.717) is 17.0 Å². The number of carbonyl (C=O) groups excluding carboxylic acids is 1. The summed E-state index contributed by atoms with van der Waals surface area (Å²) in [5, 5.41) is 0. The minimum Gasteiger partial charge on any atom is -0.366 e. The summed E-state index contributed by atoms with van der Waals surface area (Å²) in [7, 11) is 1.67. The molecule has 3 nitrogen and oxygen atoms in total. The Morgan fingerprint density at radius 1 is 1.28 bits per heavy atom. The van der Waals surface area contributed by atoms with E-state index in [1.807, 2.05) is 0 Å². The standard InChI is InChI=1S/C13H12F2N2O/c1-7-9(13(16)18)6-12(17(7)2)10-5-8(14)3-4-11(10)15/h3-6H,1-2H3,(H2,16,18). The van der Waals surface area contributed by atoms with Crippen LogP contribution in [0.1, 0.15) is 16.1 Å². The summed E-state index contributed by atoms with van der Waals surface area (Å²) in [6.45, 7) is 1.70. The Morgan fingerprint density at radius 3 is 2.50 bits per heavy atom. The molecule has 0 atom stereocenters. The number of aromatic nitrogens is 1. The number of amides is 1. The fourth-order valence-electron chi connectivity index (χ4n) is 1.90. The number of benzene rings is 1. The number of nitrogens with zero attached hydrogens (tertiary/aromatic N) is 1. The lowest BCUT2D eigenvalue weighted by molar-refractivity contribution is 0.0999. The van der Waals surface area contributed by atoms with E-state index in [-0.39, 0.29) is 5.56 Å². The molecule has 0 aliphatic heterocycles. The van der Waals surface area contributed by atoms with Crippen molar-refractivity contribution in [1.29, 1.82) is 0 Å². The molecule has 0 unspecified atom stereocenters. The highest BCUT2D eigenvalue weighted by molar-refractivity contribution is 5.95. The molecule has 0 fully saturated rings. The van der Waals surface area contributed by atoms with Crippen molar-refractivity contribution in [3.63, 3.8) is 0 Å². The van der Waals surface area contributed by atoms with E-state index in [9.17, 15) is 13.6 Å². The molecule has 0 radical (unpaired) electrons. The van der Waals surface area contributed by atoms with Gasteiger partial charge in [-0.1, -0.05) is 0 Å². The van der Waals surface area contributed by atoms with Gasteiger partial charge in [0.1, 0.15) is 11.6 Å². The fraction of sp³-hybridized carbons (Fsp3) is 0.154. The van der Waals surface area contributed by atoms with Crippen LogP contribution in [0.2, 0.25) is 0 Å². The van der Waals surface area contributed by atoms with Crippen LogP contribution in [0.4, 0.5) is 8.78 Å². The van der Waals surface area contributed by atoms with Crippen molar-refractivity contribution in [3.8, 4) is 11.3 Å². The summed E-state index contributed by atoms with van der Waals surface area (Å²) in [6, 6.07) is 4.66. The molecule has 0 spiro atoms. The van der Waals surface area contributed by atoms with Crippen molar-refractivity contribution in [2.75, 3.05) is 0 Å². The molecule has 1 aromatic heterocycles. The smallest absolute Gasteiger partial charge is 0.250 e. The van der Waals surface area contributed by atoms with Gasteiger partial charge in [-0.15, -0.1) is 0 Å². The van der Waals surface area contributed by atoms with E-state index >= 15 is 0 Å². The molecule has 0 aliphatic rings. The van der Waals surface area contributed by atoms with Crippen LogP contribution in [0, 0.1) is 18.6 Å². The molecule has 0 bridgehead atoms. The molecular weight excluding hydrogens is 238 g/mol. The molecule has 2 aromatic rings. The van der Waals surface area contributed by atoms with E-state index in [4.69, 9.17) is 5.73 Å². The first kappa shape index (κ1) is 12.3. The predicted molar refractivity (Wildman–Crippen MR) is 64.0 cm³/mol. The summed E-state index contributed by atoms with van der Waals surface area (Å²) in [4.78, 5) is 11.2. The largest absolute Gasteiger partial charge is 0.366 e. The van der Waals surface area contributed by atoms with Crippen LogP contribution in [0.25, 0.3) is 11.3 Å². The lowest BCUT2D eigenvalue weighted by Gasteiger charge is -2.06. The van der Waals surface area contributed by atoms with Gasteiger partial charge in [0, 0.05) is 18.3 Å². The van der Waals surface area contributed by atoms with Crippen LogP contribution in [0.3, 0.4) is 0 Å². The van der Waals surface area contributed by atoms with Gasteiger partial charge in [-0.2, -0.15) is 0 Å². The van der Waals surface area contributed by atoms with Gasteiger partial charge in [0.05, 0.1) is 11.3 Å². The molecule has 0 saturated heterocycles. The Balaban J connectivity index is 2.68. The van der Waals surface area contributed by atoms with Gasteiger partial charge in [-0.05, 0) is 31.2 Å². The topological polar surface area (TPSA) is 48.0 Å². The van der Waals surface area contributed by atoms with E-state index in [1.165, 1.54) is 6.07 Å². The van der Waals surface area contributed by atoms with E-state index in [1.54, 1.807) is 18.5 Å². The zero-order valence-electron chi connectivity index (χ0n) is 10.00. The molecule has 2 rings (SSSR count). The highest BCUT2D eigenvalue weighted by Gasteiger charge is 2.17. The maximum absolute atomic E-state index is 13.7. The van der Waals surface area contributed by atoms with Crippen LogP contribution in [0.15, 0.2) is 24.3 Å². The second-order valence-electron chi connectivity index (χ2n) is 4.08. The van der Waals surface area contributed by atoms with Crippen LogP contribution < -0.4 is 5.73 Å². The number of carbonyl (C=O) groups is 1. The summed E-state index contributed by atoms with van der Waals surface area (Å²) < 4.78 is 28.5. The number of hydrogen-bond acceptors (Lipinski definition) is 1. The predicted octanol–water partition coefficient (Wildman–Crippen LogP) is 2.38. The van der Waals surface area contributed by atoms with Crippen molar-refractivity contribution in [2.45, 2.75) is 6.92 Å². The van der Waals surface area contributed by atoms with Gasteiger partial charge in [0.25, 0.3) is 5.91 Å². The van der Waals surface area contributed by atoms with E-state index < -0.39 is 17.5 Å². The third-order valence-corrected chi connectivity index (χ3v) is 3.01. The van der Waals surface area contributed by atoms with E-state index in [0.717, 1.165) is 18.2 Å². The van der Waals surface area contributed by atoms with Crippen LogP contribution in [-0.4, -0.2) is 10.5 Å². The molecule has 5 heteroatoms. The minimum atomic E-state index is -0.592. The average molecular weight is 250 g/mol. The normalized spacial score (nSPS) is 10.7. The molecule has 18 heavy (non-hydrogen) atoms. The van der Waals surface area contributed by atoms with Crippen molar-refractivity contribution >= 4 is 5.91 Å². The zero-order chi connectivity index (χ0) is 13.4. The average Bonchev–Trinajstić information content (AvgIpc) is 2.60. The lowest BCUT2D eigenvalue weighted by atomic mass is 10.1. The summed E-state index contributed by atoms with van der Waals surface area (Å²) >= 11 is 0. The highest BCUT2D eigenvalue weighted by atomic mass is 19.1. The Hall–Kier alpha value is -2.17. The van der Waals surface area contributed by atoms with Gasteiger partial charge in [0.2, 0.25) is 0 Å². The minimum absolute atomic E-state index is 0.105. The molecule has 1 aromatic carbocycles. The van der Waals surface area contributed by atoms with Gasteiger partial charge in [0.15, 0.2) is 0 Å². The molecule has 1 amide bonds. The first-order valence-electron chi connectivity index (χ1n) is 5.33. The van der Waals surface area contributed by atoms with E-state index in [2.05, 4.69) is 0 Å². The third-order valence-electron chi connectivity index (χ3n) is 3.01. The van der Waals surface area contributed by atoms with Crippen molar-refractivity contribution in [1.82, 2.24) is 4.57 Å². The van der Waals surface area contributed by atoms with Gasteiger partial charge in [-0.25, -0.2) is 8.78 Å². The SMILES string of the molecule is Cc1c(C(N)=O)cc(-c2cc(F)ccc2F)n1C. The van der Waals surface area contributed by atoms with Gasteiger partial charge >= 0.3 is 0 Å². The highest BCUT2D eigenvalue weighted by Crippen LogP contribution is 2.27. The Morgan fingerprint density at radius 2 is 1.94 bits per heavy atom. The van der Waals surface area contributed by atoms with Crippen molar-refractivity contribution in [3.05, 3.63) is 47.2 Å².